The molecule has 64 valence electrons. The molecule has 1 heterocycles. The molecule has 1 aliphatic heterocycles. The molecule has 3 nitrogen and oxygen atoms in total. The van der Waals surface area contributed by atoms with Crippen LogP contribution in [0.4, 0.5) is 0 Å². The Kier molecular flexibility index (Phi) is 2.88. The molecule has 1 aliphatic rings. The number of ether oxygens (including phenoxy) is 1. The lowest BCUT2D eigenvalue weighted by Crippen LogP contribution is -2.30. The molecule has 1 N–H and O–H groups in total. The van der Waals surface area contributed by atoms with E-state index in [1.165, 1.54) is 0 Å². The van der Waals surface area contributed by atoms with Crippen LogP contribution in [0.2, 0.25) is 0 Å². The first-order chi connectivity index (χ1) is 5.24. The lowest BCUT2D eigenvalue weighted by atomic mass is 10.1. The van der Waals surface area contributed by atoms with Crippen molar-refractivity contribution in [2.45, 2.75) is 26.4 Å². The van der Waals surface area contributed by atoms with E-state index in [-0.39, 0.29) is 17.9 Å². The molecule has 2 unspecified atom stereocenters. The van der Waals surface area contributed by atoms with Crippen LogP contribution in [0.3, 0.4) is 0 Å². The van der Waals surface area contributed by atoms with E-state index in [1.807, 2.05) is 13.8 Å². The van der Waals surface area contributed by atoms with Crippen LogP contribution in [0, 0.1) is 5.92 Å². The van der Waals surface area contributed by atoms with E-state index in [4.69, 9.17) is 4.74 Å². The number of hydrogen-bond acceptors (Lipinski definition) is 2. The molecule has 0 aliphatic carbocycles. The Bertz CT molecular complexity index is 147. The van der Waals surface area contributed by atoms with E-state index in [0.717, 1.165) is 6.42 Å². The molecule has 0 radical (unpaired) electrons. The summed E-state index contributed by atoms with van der Waals surface area (Å²) in [5.74, 6) is 0.224. The smallest absolute Gasteiger partial charge is 0.225 e. The van der Waals surface area contributed by atoms with Gasteiger partial charge < -0.3 is 10.1 Å². The third kappa shape index (κ3) is 2.19. The SMILES string of the molecule is CCNC(=O)C1COC(C)C1. The molecule has 1 saturated heterocycles. The van der Waals surface area contributed by atoms with Crippen LogP contribution in [0.5, 0.6) is 0 Å². The maximum Gasteiger partial charge on any atom is 0.225 e. The van der Waals surface area contributed by atoms with Gasteiger partial charge in [-0.3, -0.25) is 4.79 Å². The normalized spacial score (nSPS) is 30.4. The van der Waals surface area contributed by atoms with E-state index in [1.54, 1.807) is 0 Å². The first-order valence-corrected chi connectivity index (χ1v) is 4.13. The van der Waals surface area contributed by atoms with E-state index in [2.05, 4.69) is 5.32 Å². The monoisotopic (exact) mass is 157 g/mol. The van der Waals surface area contributed by atoms with Gasteiger partial charge in [0.2, 0.25) is 5.91 Å². The van der Waals surface area contributed by atoms with E-state index in [9.17, 15) is 4.79 Å². The zero-order valence-electron chi connectivity index (χ0n) is 7.09. The van der Waals surface area contributed by atoms with Gasteiger partial charge in [0.25, 0.3) is 0 Å². The minimum Gasteiger partial charge on any atom is -0.378 e. The van der Waals surface area contributed by atoms with Crippen LogP contribution in [0.25, 0.3) is 0 Å². The molecule has 1 fully saturated rings. The van der Waals surface area contributed by atoms with Crippen molar-refractivity contribution in [1.82, 2.24) is 5.32 Å². The minimum atomic E-state index is 0.0879. The summed E-state index contributed by atoms with van der Waals surface area (Å²) in [5, 5.41) is 2.79. The Balaban J connectivity index is 2.31. The Morgan fingerprint density at radius 1 is 1.73 bits per heavy atom. The van der Waals surface area contributed by atoms with Crippen molar-refractivity contribution < 1.29 is 9.53 Å². The summed E-state index contributed by atoms with van der Waals surface area (Å²) in [6.07, 6.45) is 1.12. The van der Waals surface area contributed by atoms with Gasteiger partial charge in [-0.1, -0.05) is 0 Å². The van der Waals surface area contributed by atoms with Gasteiger partial charge in [-0.2, -0.15) is 0 Å². The molecule has 3 heteroatoms. The lowest BCUT2D eigenvalue weighted by Gasteiger charge is -2.06. The molecule has 2 atom stereocenters. The second-order valence-electron chi connectivity index (χ2n) is 2.97. The van der Waals surface area contributed by atoms with E-state index >= 15 is 0 Å². The van der Waals surface area contributed by atoms with Gasteiger partial charge in [0.15, 0.2) is 0 Å². The Morgan fingerprint density at radius 2 is 2.45 bits per heavy atom. The lowest BCUT2D eigenvalue weighted by molar-refractivity contribution is -0.124. The van der Waals surface area contributed by atoms with Gasteiger partial charge in [0, 0.05) is 6.54 Å². The summed E-state index contributed by atoms with van der Waals surface area (Å²) in [7, 11) is 0. The standard InChI is InChI=1S/C8H15NO2/c1-3-9-8(10)7-4-6(2)11-5-7/h6-7H,3-5H2,1-2H3,(H,9,10). The van der Waals surface area contributed by atoms with Crippen molar-refractivity contribution in [3.63, 3.8) is 0 Å². The molecule has 0 aromatic carbocycles. The number of carbonyl (C=O) groups is 1. The van der Waals surface area contributed by atoms with E-state index in [0.29, 0.717) is 13.2 Å². The highest BCUT2D eigenvalue weighted by molar-refractivity contribution is 5.78. The quantitative estimate of drug-likeness (QED) is 0.635. The topological polar surface area (TPSA) is 38.3 Å². The van der Waals surface area contributed by atoms with Crippen molar-refractivity contribution in [2.75, 3.05) is 13.2 Å². The Hall–Kier alpha value is -0.570. The average Bonchev–Trinajstić information content (AvgIpc) is 2.36. The largest absolute Gasteiger partial charge is 0.378 e. The summed E-state index contributed by atoms with van der Waals surface area (Å²) in [5.41, 5.74) is 0. The minimum absolute atomic E-state index is 0.0879. The number of hydrogen-bond donors (Lipinski definition) is 1. The summed E-state index contributed by atoms with van der Waals surface area (Å²) in [6, 6.07) is 0. The maximum atomic E-state index is 11.2. The molecule has 0 saturated carbocycles. The van der Waals surface area contributed by atoms with Crippen LogP contribution in [-0.2, 0) is 9.53 Å². The zero-order chi connectivity index (χ0) is 8.27. The number of rotatable bonds is 2. The van der Waals surface area contributed by atoms with Crippen LogP contribution in [0.15, 0.2) is 0 Å². The highest BCUT2D eigenvalue weighted by atomic mass is 16.5. The van der Waals surface area contributed by atoms with Gasteiger partial charge in [-0.05, 0) is 20.3 Å². The molecule has 0 aromatic heterocycles. The van der Waals surface area contributed by atoms with Gasteiger partial charge in [-0.25, -0.2) is 0 Å². The van der Waals surface area contributed by atoms with Gasteiger partial charge in [0.1, 0.15) is 0 Å². The summed E-state index contributed by atoms with van der Waals surface area (Å²) < 4.78 is 5.27. The number of amides is 1. The predicted molar refractivity (Wildman–Crippen MR) is 42.2 cm³/mol. The van der Waals surface area contributed by atoms with Crippen molar-refractivity contribution in [3.8, 4) is 0 Å². The zero-order valence-corrected chi connectivity index (χ0v) is 7.09. The Morgan fingerprint density at radius 3 is 2.91 bits per heavy atom. The molecule has 0 spiro atoms. The van der Waals surface area contributed by atoms with Crippen molar-refractivity contribution in [2.24, 2.45) is 5.92 Å². The average molecular weight is 157 g/mol. The first-order valence-electron chi connectivity index (χ1n) is 4.13. The van der Waals surface area contributed by atoms with E-state index < -0.39 is 0 Å². The molecule has 1 rings (SSSR count). The summed E-state index contributed by atoms with van der Waals surface area (Å²) in [6.45, 7) is 5.23. The fraction of sp³-hybridized carbons (Fsp3) is 0.875. The summed E-state index contributed by atoms with van der Waals surface area (Å²) in [4.78, 5) is 11.2. The highest BCUT2D eigenvalue weighted by Crippen LogP contribution is 2.18. The van der Waals surface area contributed by atoms with Crippen molar-refractivity contribution in [3.05, 3.63) is 0 Å². The second-order valence-corrected chi connectivity index (χ2v) is 2.97. The molecule has 1 amide bonds. The third-order valence-electron chi connectivity index (χ3n) is 1.92. The fourth-order valence-electron chi connectivity index (χ4n) is 1.32. The predicted octanol–water partition coefficient (Wildman–Crippen LogP) is 0.547. The molecular weight excluding hydrogens is 142 g/mol. The number of carbonyl (C=O) groups excluding carboxylic acids is 1. The summed E-state index contributed by atoms with van der Waals surface area (Å²) >= 11 is 0. The maximum absolute atomic E-state index is 11.2. The number of nitrogens with one attached hydrogen (secondary N) is 1. The third-order valence-corrected chi connectivity index (χ3v) is 1.92. The van der Waals surface area contributed by atoms with Crippen LogP contribution < -0.4 is 5.32 Å². The molecule has 0 bridgehead atoms. The van der Waals surface area contributed by atoms with Crippen LogP contribution >= 0.6 is 0 Å². The molecule has 0 aromatic rings. The second kappa shape index (κ2) is 3.72. The van der Waals surface area contributed by atoms with Crippen molar-refractivity contribution in [1.29, 1.82) is 0 Å². The molecule has 11 heavy (non-hydrogen) atoms. The van der Waals surface area contributed by atoms with Gasteiger partial charge >= 0.3 is 0 Å². The van der Waals surface area contributed by atoms with Crippen molar-refractivity contribution >= 4 is 5.91 Å². The molecular formula is C8H15NO2. The highest BCUT2D eigenvalue weighted by Gasteiger charge is 2.27. The fourth-order valence-corrected chi connectivity index (χ4v) is 1.32. The Labute approximate surface area is 67.1 Å². The van der Waals surface area contributed by atoms with Gasteiger partial charge in [0.05, 0.1) is 18.6 Å². The van der Waals surface area contributed by atoms with Crippen LogP contribution in [-0.4, -0.2) is 25.2 Å². The van der Waals surface area contributed by atoms with Crippen LogP contribution in [0.1, 0.15) is 20.3 Å². The van der Waals surface area contributed by atoms with Gasteiger partial charge in [-0.15, -0.1) is 0 Å². The first kappa shape index (κ1) is 8.53.